The van der Waals surface area contributed by atoms with E-state index in [0.29, 0.717) is 23.1 Å². The van der Waals surface area contributed by atoms with Crippen molar-refractivity contribution in [2.45, 2.75) is 38.3 Å². The molecule has 0 aliphatic rings. The molecule has 1 N–H and O–H groups in total. The fourth-order valence-electron chi connectivity index (χ4n) is 4.38. The predicted molar refractivity (Wildman–Crippen MR) is 173 cm³/mol. The maximum atomic E-state index is 14.1. The molecule has 0 fully saturated rings. The van der Waals surface area contributed by atoms with E-state index in [9.17, 15) is 18.0 Å². The summed E-state index contributed by atoms with van der Waals surface area (Å²) in [6, 6.07) is 29.7. The topological polar surface area (TPSA) is 96.0 Å². The molecular weight excluding hydrogens is 598 g/mol. The molecule has 10 heteroatoms. The van der Waals surface area contributed by atoms with Crippen LogP contribution in [0.4, 0.5) is 5.69 Å². The first-order valence-corrected chi connectivity index (χ1v) is 16.1. The van der Waals surface area contributed by atoms with Crippen LogP contribution in [0.25, 0.3) is 0 Å². The molecule has 0 aliphatic heterocycles. The van der Waals surface area contributed by atoms with Crippen LogP contribution in [0.3, 0.4) is 0 Å². The molecule has 4 aromatic rings. The van der Waals surface area contributed by atoms with Crippen molar-refractivity contribution >= 4 is 39.1 Å². The summed E-state index contributed by atoms with van der Waals surface area (Å²) in [5.41, 5.74) is 1.01. The van der Waals surface area contributed by atoms with Gasteiger partial charge in [0, 0.05) is 18.1 Å². The van der Waals surface area contributed by atoms with Gasteiger partial charge in [-0.3, -0.25) is 13.9 Å². The summed E-state index contributed by atoms with van der Waals surface area (Å²) < 4.78 is 34.9. The number of nitrogens with one attached hydrogen (secondary N) is 1. The van der Waals surface area contributed by atoms with Gasteiger partial charge in [0.05, 0.1) is 10.6 Å². The monoisotopic (exact) mass is 633 g/mol. The fourth-order valence-corrected chi connectivity index (χ4v) is 5.94. The van der Waals surface area contributed by atoms with Crippen molar-refractivity contribution in [1.82, 2.24) is 10.2 Å². The van der Waals surface area contributed by atoms with E-state index in [2.05, 4.69) is 5.32 Å². The second kappa shape index (κ2) is 14.9. The van der Waals surface area contributed by atoms with E-state index in [0.717, 1.165) is 9.87 Å². The summed E-state index contributed by atoms with van der Waals surface area (Å²) in [5, 5.41) is 3.42. The van der Waals surface area contributed by atoms with Crippen LogP contribution in [0, 0.1) is 5.92 Å². The predicted octanol–water partition coefficient (Wildman–Crippen LogP) is 6.52. The van der Waals surface area contributed by atoms with Crippen molar-refractivity contribution in [2.75, 3.05) is 17.4 Å². The summed E-state index contributed by atoms with van der Waals surface area (Å²) in [6.45, 7) is 5.57. The normalized spacial score (nSPS) is 11.9. The third-order valence-corrected chi connectivity index (χ3v) is 8.87. The van der Waals surface area contributed by atoms with E-state index < -0.39 is 28.5 Å². The van der Waals surface area contributed by atoms with Crippen molar-refractivity contribution < 1.29 is 22.7 Å². The van der Waals surface area contributed by atoms with Crippen molar-refractivity contribution in [3.05, 3.63) is 120 Å². The standard InChI is InChI=1S/C34H36ClN3O5S/c1-25(2)22-36-34(40)26(3)37(23-27-14-16-28(35)17-15-27)33(39)24-38(44(41,42)32-12-8-5-9-13-32)29-18-20-31(21-19-29)43-30-10-6-4-7-11-30/h4-21,25-26H,22-24H2,1-3H3,(H,36,40)/t26-/m0/s1. The van der Waals surface area contributed by atoms with Gasteiger partial charge in [0.2, 0.25) is 11.8 Å². The summed E-state index contributed by atoms with van der Waals surface area (Å²) in [7, 11) is -4.17. The van der Waals surface area contributed by atoms with Gasteiger partial charge >= 0.3 is 0 Å². The number of nitrogens with zero attached hydrogens (tertiary/aromatic N) is 2. The molecule has 0 unspecified atom stereocenters. The minimum Gasteiger partial charge on any atom is -0.457 e. The fraction of sp³-hybridized carbons (Fsp3) is 0.235. The Morgan fingerprint density at radius 3 is 1.95 bits per heavy atom. The lowest BCUT2D eigenvalue weighted by molar-refractivity contribution is -0.139. The number of amides is 2. The first-order valence-electron chi connectivity index (χ1n) is 14.3. The van der Waals surface area contributed by atoms with Gasteiger partial charge in [-0.2, -0.15) is 0 Å². The highest BCUT2D eigenvalue weighted by atomic mass is 35.5. The number of para-hydroxylation sites is 1. The number of anilines is 1. The van der Waals surface area contributed by atoms with Crippen LogP contribution in [0.2, 0.25) is 5.02 Å². The van der Waals surface area contributed by atoms with Crippen LogP contribution < -0.4 is 14.4 Å². The first kappa shape index (κ1) is 32.6. The highest BCUT2D eigenvalue weighted by molar-refractivity contribution is 7.92. The number of hydrogen-bond acceptors (Lipinski definition) is 5. The molecule has 0 radical (unpaired) electrons. The third-order valence-electron chi connectivity index (χ3n) is 6.83. The molecule has 2 amide bonds. The number of ether oxygens (including phenoxy) is 1. The average Bonchev–Trinajstić information content (AvgIpc) is 3.03. The van der Waals surface area contributed by atoms with Crippen LogP contribution in [0.5, 0.6) is 11.5 Å². The molecule has 0 saturated carbocycles. The van der Waals surface area contributed by atoms with Gasteiger partial charge in [-0.25, -0.2) is 8.42 Å². The molecule has 0 bridgehead atoms. The van der Waals surface area contributed by atoms with Crippen molar-refractivity contribution in [2.24, 2.45) is 5.92 Å². The lowest BCUT2D eigenvalue weighted by Crippen LogP contribution is -2.51. The Balaban J connectivity index is 1.67. The van der Waals surface area contributed by atoms with E-state index in [1.165, 1.54) is 17.0 Å². The molecule has 0 aromatic heterocycles. The molecule has 8 nitrogen and oxygen atoms in total. The summed E-state index contributed by atoms with van der Waals surface area (Å²) in [5.74, 6) is 0.471. The molecule has 44 heavy (non-hydrogen) atoms. The van der Waals surface area contributed by atoms with Gasteiger partial charge in [-0.15, -0.1) is 0 Å². The molecule has 1 atom stereocenters. The molecule has 0 spiro atoms. The number of hydrogen-bond donors (Lipinski definition) is 1. The van der Waals surface area contributed by atoms with Gasteiger partial charge < -0.3 is 15.0 Å². The Kier molecular flexibility index (Phi) is 11.0. The van der Waals surface area contributed by atoms with Gasteiger partial charge in [-0.05, 0) is 79.1 Å². The van der Waals surface area contributed by atoms with E-state index in [1.807, 2.05) is 44.2 Å². The highest BCUT2D eigenvalue weighted by Crippen LogP contribution is 2.28. The minimum absolute atomic E-state index is 0.0318. The first-order chi connectivity index (χ1) is 21.0. The second-order valence-corrected chi connectivity index (χ2v) is 13.0. The SMILES string of the molecule is CC(C)CNC(=O)[C@H](C)N(Cc1ccc(Cl)cc1)C(=O)CN(c1ccc(Oc2ccccc2)cc1)S(=O)(=O)c1ccccc1. The molecule has 4 rings (SSSR count). The Morgan fingerprint density at radius 1 is 0.795 bits per heavy atom. The van der Waals surface area contributed by atoms with Crippen LogP contribution in [0.15, 0.2) is 114 Å². The van der Waals surface area contributed by atoms with Gasteiger partial charge in [0.1, 0.15) is 24.1 Å². The molecule has 0 aliphatic carbocycles. The van der Waals surface area contributed by atoms with Crippen LogP contribution in [-0.4, -0.2) is 44.3 Å². The highest BCUT2D eigenvalue weighted by Gasteiger charge is 2.32. The van der Waals surface area contributed by atoms with E-state index in [4.69, 9.17) is 16.3 Å². The Bertz CT molecular complexity index is 1630. The minimum atomic E-state index is -4.17. The van der Waals surface area contributed by atoms with Crippen molar-refractivity contribution in [3.63, 3.8) is 0 Å². The van der Waals surface area contributed by atoms with Crippen LogP contribution in [0.1, 0.15) is 26.3 Å². The van der Waals surface area contributed by atoms with Crippen molar-refractivity contribution in [1.29, 1.82) is 0 Å². The van der Waals surface area contributed by atoms with E-state index in [-0.39, 0.29) is 29.0 Å². The summed E-state index contributed by atoms with van der Waals surface area (Å²) in [4.78, 5) is 28.6. The largest absolute Gasteiger partial charge is 0.457 e. The smallest absolute Gasteiger partial charge is 0.264 e. The Labute approximate surface area is 264 Å². The van der Waals surface area contributed by atoms with Gasteiger partial charge in [0.15, 0.2) is 0 Å². The maximum absolute atomic E-state index is 14.1. The second-order valence-electron chi connectivity index (χ2n) is 10.7. The molecule has 230 valence electrons. The number of sulfonamides is 1. The van der Waals surface area contributed by atoms with E-state index >= 15 is 0 Å². The zero-order valence-corrected chi connectivity index (χ0v) is 26.5. The average molecular weight is 634 g/mol. The van der Waals surface area contributed by atoms with Crippen molar-refractivity contribution in [3.8, 4) is 11.5 Å². The molecular formula is C34H36ClN3O5S. The van der Waals surface area contributed by atoms with Gasteiger partial charge in [0.25, 0.3) is 10.0 Å². The summed E-state index contributed by atoms with van der Waals surface area (Å²) >= 11 is 6.07. The van der Waals surface area contributed by atoms with Crippen LogP contribution in [-0.2, 0) is 26.2 Å². The quantitative estimate of drug-likeness (QED) is 0.181. The number of benzene rings is 4. The number of carbonyl (C=O) groups excluding carboxylic acids is 2. The molecule has 0 saturated heterocycles. The maximum Gasteiger partial charge on any atom is 0.264 e. The summed E-state index contributed by atoms with van der Waals surface area (Å²) in [6.07, 6.45) is 0. The zero-order valence-electron chi connectivity index (χ0n) is 24.9. The van der Waals surface area contributed by atoms with E-state index in [1.54, 1.807) is 73.7 Å². The number of carbonyl (C=O) groups is 2. The zero-order chi connectivity index (χ0) is 31.7. The Hall–Kier alpha value is -4.34. The Morgan fingerprint density at radius 2 is 1.36 bits per heavy atom. The number of halogens is 1. The van der Waals surface area contributed by atoms with Crippen LogP contribution >= 0.6 is 11.6 Å². The molecule has 4 aromatic carbocycles. The number of rotatable bonds is 13. The van der Waals surface area contributed by atoms with Gasteiger partial charge in [-0.1, -0.05) is 74.0 Å². The third kappa shape index (κ3) is 8.61. The lowest BCUT2D eigenvalue weighted by atomic mass is 10.1. The lowest BCUT2D eigenvalue weighted by Gasteiger charge is -2.32. The molecule has 0 heterocycles.